The van der Waals surface area contributed by atoms with Crippen LogP contribution in [0.15, 0.2) is 60.7 Å². The van der Waals surface area contributed by atoms with Crippen molar-refractivity contribution in [3.63, 3.8) is 0 Å². The van der Waals surface area contributed by atoms with E-state index in [1.807, 2.05) is 30.3 Å². The van der Waals surface area contributed by atoms with Crippen LogP contribution < -0.4 is 0 Å². The molecule has 0 bridgehead atoms. The summed E-state index contributed by atoms with van der Waals surface area (Å²) in [6.45, 7) is 4.26. The molecule has 0 spiro atoms. The van der Waals surface area contributed by atoms with Gasteiger partial charge < -0.3 is 0 Å². The van der Waals surface area contributed by atoms with Gasteiger partial charge in [0.1, 0.15) is 0 Å². The van der Waals surface area contributed by atoms with Gasteiger partial charge in [0.15, 0.2) is 0 Å². The van der Waals surface area contributed by atoms with E-state index in [1.165, 1.54) is 11.1 Å². The minimum Gasteiger partial charge on any atom is -0.0840 e. The second kappa shape index (κ2) is 5.88. The van der Waals surface area contributed by atoms with Crippen LogP contribution in [-0.2, 0) is 0 Å². The summed E-state index contributed by atoms with van der Waals surface area (Å²) in [7, 11) is 0. The third-order valence-corrected chi connectivity index (χ3v) is 3.39. The molecule has 0 radical (unpaired) electrons. The lowest BCUT2D eigenvalue weighted by molar-refractivity contribution is 0.970. The Hall–Kier alpha value is -1.53. The zero-order valence-electron chi connectivity index (χ0n) is 10.7. The van der Waals surface area contributed by atoms with Gasteiger partial charge in [0.2, 0.25) is 0 Å². The number of rotatable bonds is 3. The first-order valence-corrected chi connectivity index (χ1v) is 6.54. The molecule has 0 N–H and O–H groups in total. The highest BCUT2D eigenvalue weighted by Gasteiger charge is 2.04. The lowest BCUT2D eigenvalue weighted by atomic mass is 9.99. The van der Waals surface area contributed by atoms with Crippen molar-refractivity contribution in [3.05, 3.63) is 77.4 Å². The average molecular weight is 257 g/mol. The minimum atomic E-state index is 0.318. The van der Waals surface area contributed by atoms with Crippen LogP contribution in [0.1, 0.15) is 29.5 Å². The molecule has 0 saturated carbocycles. The van der Waals surface area contributed by atoms with Crippen molar-refractivity contribution >= 4 is 16.6 Å². The van der Waals surface area contributed by atoms with Gasteiger partial charge in [-0.1, -0.05) is 84.8 Å². The van der Waals surface area contributed by atoms with Gasteiger partial charge in [-0.2, -0.15) is 0 Å². The van der Waals surface area contributed by atoms with Gasteiger partial charge in [-0.25, -0.2) is 0 Å². The van der Waals surface area contributed by atoms with Crippen molar-refractivity contribution in [3.8, 4) is 0 Å². The SMILES string of the molecule is Cc1ccc(C(C)/C=C(/Cl)c2ccccc2)cc1. The second-order valence-electron chi connectivity index (χ2n) is 4.58. The average Bonchev–Trinajstić information content (AvgIpc) is 2.40. The normalized spacial score (nSPS) is 13.4. The summed E-state index contributed by atoms with van der Waals surface area (Å²) >= 11 is 6.34. The number of aryl methyl sites for hydroxylation is 1. The summed E-state index contributed by atoms with van der Waals surface area (Å²) in [5.74, 6) is 0.318. The number of allylic oxidation sites excluding steroid dienone is 1. The van der Waals surface area contributed by atoms with Crippen LogP contribution in [-0.4, -0.2) is 0 Å². The zero-order valence-corrected chi connectivity index (χ0v) is 11.5. The maximum absolute atomic E-state index is 6.34. The Morgan fingerprint density at radius 3 is 2.22 bits per heavy atom. The third kappa shape index (κ3) is 3.24. The first kappa shape index (κ1) is 12.9. The van der Waals surface area contributed by atoms with Crippen molar-refractivity contribution in [2.24, 2.45) is 0 Å². The number of hydrogen-bond donors (Lipinski definition) is 0. The van der Waals surface area contributed by atoms with Gasteiger partial charge >= 0.3 is 0 Å². The van der Waals surface area contributed by atoms with Gasteiger partial charge in [-0.15, -0.1) is 0 Å². The van der Waals surface area contributed by atoms with Crippen LogP contribution in [0.4, 0.5) is 0 Å². The summed E-state index contributed by atoms with van der Waals surface area (Å²) in [4.78, 5) is 0. The zero-order chi connectivity index (χ0) is 13.0. The molecular weight excluding hydrogens is 240 g/mol. The molecule has 92 valence electrons. The van der Waals surface area contributed by atoms with Gasteiger partial charge in [0.25, 0.3) is 0 Å². The van der Waals surface area contributed by atoms with Crippen LogP contribution in [0, 0.1) is 6.92 Å². The minimum absolute atomic E-state index is 0.318. The Morgan fingerprint density at radius 2 is 1.61 bits per heavy atom. The molecule has 0 amide bonds. The molecular formula is C17H17Cl. The Kier molecular flexibility index (Phi) is 4.22. The first-order chi connectivity index (χ1) is 8.66. The van der Waals surface area contributed by atoms with Gasteiger partial charge in [0, 0.05) is 11.0 Å². The lowest BCUT2D eigenvalue weighted by Gasteiger charge is -2.08. The quantitative estimate of drug-likeness (QED) is 0.692. The van der Waals surface area contributed by atoms with Crippen LogP contribution in [0.25, 0.3) is 5.03 Å². The van der Waals surface area contributed by atoms with E-state index < -0.39 is 0 Å². The predicted molar refractivity (Wildman–Crippen MR) is 79.9 cm³/mol. The molecule has 0 aliphatic heterocycles. The van der Waals surface area contributed by atoms with Gasteiger partial charge in [-0.3, -0.25) is 0 Å². The maximum atomic E-state index is 6.34. The van der Waals surface area contributed by atoms with E-state index >= 15 is 0 Å². The topological polar surface area (TPSA) is 0 Å². The molecule has 0 nitrogen and oxygen atoms in total. The van der Waals surface area contributed by atoms with Gasteiger partial charge in [-0.05, 0) is 18.1 Å². The summed E-state index contributed by atoms with van der Waals surface area (Å²) in [6.07, 6.45) is 2.10. The highest BCUT2D eigenvalue weighted by Crippen LogP contribution is 2.25. The van der Waals surface area contributed by atoms with Crippen LogP contribution in [0.5, 0.6) is 0 Å². The van der Waals surface area contributed by atoms with Crippen molar-refractivity contribution < 1.29 is 0 Å². The largest absolute Gasteiger partial charge is 0.0840 e. The molecule has 1 unspecified atom stereocenters. The molecule has 0 saturated heterocycles. The Balaban J connectivity index is 2.20. The summed E-state index contributed by atoms with van der Waals surface area (Å²) in [6, 6.07) is 18.6. The fourth-order valence-electron chi connectivity index (χ4n) is 1.88. The van der Waals surface area contributed by atoms with E-state index in [9.17, 15) is 0 Å². The van der Waals surface area contributed by atoms with Gasteiger partial charge in [0.05, 0.1) is 0 Å². The van der Waals surface area contributed by atoms with Crippen LogP contribution >= 0.6 is 11.6 Å². The molecule has 1 atom stereocenters. The highest BCUT2D eigenvalue weighted by molar-refractivity contribution is 6.48. The second-order valence-corrected chi connectivity index (χ2v) is 4.99. The Labute approximate surface area is 114 Å². The summed E-state index contributed by atoms with van der Waals surface area (Å²) in [5.41, 5.74) is 3.64. The van der Waals surface area contributed by atoms with Crippen molar-refractivity contribution in [1.82, 2.24) is 0 Å². The smallest absolute Gasteiger partial charge is 0.0444 e. The number of halogens is 1. The van der Waals surface area contributed by atoms with E-state index in [0.717, 1.165) is 10.6 Å². The molecule has 0 aliphatic rings. The van der Waals surface area contributed by atoms with E-state index in [4.69, 9.17) is 11.6 Å². The van der Waals surface area contributed by atoms with E-state index in [0.29, 0.717) is 5.92 Å². The fraction of sp³-hybridized carbons (Fsp3) is 0.176. The van der Waals surface area contributed by atoms with Crippen molar-refractivity contribution in [2.45, 2.75) is 19.8 Å². The summed E-state index contributed by atoms with van der Waals surface area (Å²) in [5, 5.41) is 0.809. The lowest BCUT2D eigenvalue weighted by Crippen LogP contribution is -1.90. The summed E-state index contributed by atoms with van der Waals surface area (Å²) < 4.78 is 0. The van der Waals surface area contributed by atoms with E-state index in [1.54, 1.807) is 0 Å². The molecule has 0 fully saturated rings. The third-order valence-electron chi connectivity index (χ3n) is 3.05. The monoisotopic (exact) mass is 256 g/mol. The van der Waals surface area contributed by atoms with Crippen molar-refractivity contribution in [1.29, 1.82) is 0 Å². The first-order valence-electron chi connectivity index (χ1n) is 6.16. The molecule has 1 heteroatoms. The van der Waals surface area contributed by atoms with E-state index in [-0.39, 0.29) is 0 Å². The predicted octanol–water partition coefficient (Wildman–Crippen LogP) is 5.38. The molecule has 0 aliphatic carbocycles. The fourth-order valence-corrected chi connectivity index (χ4v) is 2.19. The Bertz CT molecular complexity index is 523. The molecule has 2 aromatic carbocycles. The number of benzene rings is 2. The molecule has 18 heavy (non-hydrogen) atoms. The maximum Gasteiger partial charge on any atom is 0.0444 e. The molecule has 0 heterocycles. The molecule has 2 rings (SSSR count). The van der Waals surface area contributed by atoms with Crippen LogP contribution in [0.2, 0.25) is 0 Å². The standard InChI is InChI=1S/C17H17Cl/c1-13-8-10-15(11-9-13)14(2)12-17(18)16-6-4-3-5-7-16/h3-12,14H,1-2H3/b17-12+. The Morgan fingerprint density at radius 1 is 1.00 bits per heavy atom. The van der Waals surface area contributed by atoms with Crippen molar-refractivity contribution in [2.75, 3.05) is 0 Å². The van der Waals surface area contributed by atoms with E-state index in [2.05, 4.69) is 44.2 Å². The number of hydrogen-bond acceptors (Lipinski definition) is 0. The molecule has 2 aromatic rings. The highest BCUT2D eigenvalue weighted by atomic mass is 35.5. The molecule has 0 aromatic heterocycles. The van der Waals surface area contributed by atoms with Crippen LogP contribution in [0.3, 0.4) is 0 Å².